The first-order valence-corrected chi connectivity index (χ1v) is 4.06. The maximum absolute atomic E-state index is 5.60. The first-order valence-electron chi connectivity index (χ1n) is 3.65. The van der Waals surface area contributed by atoms with Crippen LogP contribution in [0, 0.1) is 4.64 Å². The van der Waals surface area contributed by atoms with Gasteiger partial charge in [0.05, 0.1) is 0 Å². The SMILES string of the molecule is Nc1cc2ccccc2c(=S)[nH]1. The standard InChI is InChI=1S/C9H8N2S/c10-8-5-6-3-1-2-4-7(6)9(12)11-8/h1-5H,(H3,10,11,12). The summed E-state index contributed by atoms with van der Waals surface area (Å²) < 4.78 is 0.700. The van der Waals surface area contributed by atoms with Gasteiger partial charge in [-0.15, -0.1) is 0 Å². The van der Waals surface area contributed by atoms with Gasteiger partial charge in [-0.05, 0) is 11.5 Å². The third-order valence-electron chi connectivity index (χ3n) is 1.77. The van der Waals surface area contributed by atoms with Gasteiger partial charge in [-0.25, -0.2) is 0 Å². The highest BCUT2D eigenvalue weighted by Gasteiger charge is 1.94. The minimum Gasteiger partial charge on any atom is -0.385 e. The summed E-state index contributed by atoms with van der Waals surface area (Å²) in [5.74, 6) is 0.610. The molecule has 0 radical (unpaired) electrons. The zero-order valence-corrected chi connectivity index (χ0v) is 7.19. The van der Waals surface area contributed by atoms with E-state index in [1.807, 2.05) is 30.3 Å². The molecular formula is C9H8N2S. The minimum atomic E-state index is 0.610. The fraction of sp³-hybridized carbons (Fsp3) is 0. The van der Waals surface area contributed by atoms with E-state index >= 15 is 0 Å². The maximum atomic E-state index is 5.60. The van der Waals surface area contributed by atoms with Crippen LogP contribution in [0.4, 0.5) is 5.82 Å². The summed E-state index contributed by atoms with van der Waals surface area (Å²) in [4.78, 5) is 2.91. The molecule has 1 aromatic carbocycles. The highest BCUT2D eigenvalue weighted by atomic mass is 32.1. The van der Waals surface area contributed by atoms with Crippen molar-refractivity contribution in [2.24, 2.45) is 0 Å². The van der Waals surface area contributed by atoms with E-state index in [4.69, 9.17) is 18.0 Å². The molecule has 2 nitrogen and oxygen atoms in total. The number of nitrogens with one attached hydrogen (secondary N) is 1. The molecule has 0 amide bonds. The molecule has 0 aliphatic heterocycles. The normalized spacial score (nSPS) is 10.3. The van der Waals surface area contributed by atoms with Crippen molar-refractivity contribution >= 4 is 28.8 Å². The summed E-state index contributed by atoms with van der Waals surface area (Å²) in [5, 5.41) is 2.13. The van der Waals surface area contributed by atoms with Gasteiger partial charge >= 0.3 is 0 Å². The third-order valence-corrected chi connectivity index (χ3v) is 2.10. The van der Waals surface area contributed by atoms with Crippen LogP contribution in [0.2, 0.25) is 0 Å². The lowest BCUT2D eigenvalue weighted by Crippen LogP contribution is -1.89. The first-order chi connectivity index (χ1) is 5.77. The Morgan fingerprint density at radius 1 is 1.25 bits per heavy atom. The Morgan fingerprint density at radius 3 is 2.83 bits per heavy atom. The zero-order valence-electron chi connectivity index (χ0n) is 6.37. The molecule has 60 valence electrons. The van der Waals surface area contributed by atoms with Gasteiger partial charge in [0, 0.05) is 5.39 Å². The van der Waals surface area contributed by atoms with Crippen molar-refractivity contribution in [3.05, 3.63) is 35.0 Å². The Kier molecular flexibility index (Phi) is 1.59. The summed E-state index contributed by atoms with van der Waals surface area (Å²) in [7, 11) is 0. The van der Waals surface area contributed by atoms with Crippen molar-refractivity contribution in [2.75, 3.05) is 5.73 Å². The predicted molar refractivity (Wildman–Crippen MR) is 53.5 cm³/mol. The number of aromatic amines is 1. The van der Waals surface area contributed by atoms with E-state index in [1.165, 1.54) is 0 Å². The number of pyridine rings is 1. The number of hydrogen-bond acceptors (Lipinski definition) is 2. The summed E-state index contributed by atoms with van der Waals surface area (Å²) in [6.07, 6.45) is 0. The Morgan fingerprint density at radius 2 is 2.00 bits per heavy atom. The molecule has 3 heteroatoms. The highest BCUT2D eigenvalue weighted by molar-refractivity contribution is 7.71. The molecule has 1 aromatic heterocycles. The summed E-state index contributed by atoms with van der Waals surface area (Å²) >= 11 is 5.11. The van der Waals surface area contributed by atoms with Crippen molar-refractivity contribution in [1.29, 1.82) is 0 Å². The molecule has 0 atom stereocenters. The number of aromatic nitrogens is 1. The quantitative estimate of drug-likeness (QED) is 0.605. The largest absolute Gasteiger partial charge is 0.385 e. The van der Waals surface area contributed by atoms with E-state index in [9.17, 15) is 0 Å². The maximum Gasteiger partial charge on any atom is 0.112 e. The van der Waals surface area contributed by atoms with E-state index in [-0.39, 0.29) is 0 Å². The molecule has 3 N–H and O–H groups in total. The molecule has 0 spiro atoms. The lowest BCUT2D eigenvalue weighted by atomic mass is 10.2. The number of nitrogens with two attached hydrogens (primary N) is 1. The van der Waals surface area contributed by atoms with Gasteiger partial charge in [0.15, 0.2) is 0 Å². The number of hydrogen-bond donors (Lipinski definition) is 2. The van der Waals surface area contributed by atoms with Crippen molar-refractivity contribution in [3.63, 3.8) is 0 Å². The number of nitrogen functional groups attached to an aromatic ring is 1. The number of anilines is 1. The second-order valence-electron chi connectivity index (χ2n) is 2.64. The molecule has 0 saturated carbocycles. The molecular weight excluding hydrogens is 168 g/mol. The fourth-order valence-electron chi connectivity index (χ4n) is 1.23. The van der Waals surface area contributed by atoms with Crippen LogP contribution in [-0.4, -0.2) is 4.98 Å². The number of fused-ring (bicyclic) bond motifs is 1. The van der Waals surface area contributed by atoms with Gasteiger partial charge in [0.1, 0.15) is 10.5 Å². The molecule has 0 unspecified atom stereocenters. The molecule has 0 saturated heterocycles. The second-order valence-corrected chi connectivity index (χ2v) is 3.05. The average Bonchev–Trinajstić information content (AvgIpc) is 2.04. The monoisotopic (exact) mass is 176 g/mol. The molecule has 12 heavy (non-hydrogen) atoms. The lowest BCUT2D eigenvalue weighted by molar-refractivity contribution is 1.34. The van der Waals surface area contributed by atoms with Gasteiger partial charge in [0.25, 0.3) is 0 Å². The van der Waals surface area contributed by atoms with Crippen molar-refractivity contribution in [2.45, 2.75) is 0 Å². The Balaban J connectivity index is 2.99. The Labute approximate surface area is 75.0 Å². The summed E-state index contributed by atoms with van der Waals surface area (Å²) in [5.41, 5.74) is 5.60. The van der Waals surface area contributed by atoms with Gasteiger partial charge in [-0.3, -0.25) is 0 Å². The third kappa shape index (κ3) is 1.08. The van der Waals surface area contributed by atoms with E-state index in [0.29, 0.717) is 10.5 Å². The topological polar surface area (TPSA) is 41.8 Å². The van der Waals surface area contributed by atoms with Crippen LogP contribution in [0.3, 0.4) is 0 Å². The van der Waals surface area contributed by atoms with Gasteiger partial charge in [-0.2, -0.15) is 0 Å². The Bertz CT molecular complexity index is 473. The second kappa shape index (κ2) is 2.60. The molecule has 0 bridgehead atoms. The number of rotatable bonds is 0. The predicted octanol–water partition coefficient (Wildman–Crippen LogP) is 2.48. The summed E-state index contributed by atoms with van der Waals surface area (Å²) in [6.45, 7) is 0. The van der Waals surface area contributed by atoms with Crippen LogP contribution < -0.4 is 5.73 Å². The van der Waals surface area contributed by atoms with Crippen LogP contribution in [0.1, 0.15) is 0 Å². The van der Waals surface area contributed by atoms with Gasteiger partial charge in [-0.1, -0.05) is 36.5 Å². The van der Waals surface area contributed by atoms with Crippen LogP contribution >= 0.6 is 12.2 Å². The first kappa shape index (κ1) is 7.31. The number of H-pyrrole nitrogens is 1. The van der Waals surface area contributed by atoms with Crippen LogP contribution in [0.5, 0.6) is 0 Å². The van der Waals surface area contributed by atoms with Crippen molar-refractivity contribution in [3.8, 4) is 0 Å². The van der Waals surface area contributed by atoms with E-state index < -0.39 is 0 Å². The highest BCUT2D eigenvalue weighted by Crippen LogP contribution is 2.15. The smallest absolute Gasteiger partial charge is 0.112 e. The number of benzene rings is 1. The molecule has 0 aliphatic rings. The van der Waals surface area contributed by atoms with Gasteiger partial charge in [0.2, 0.25) is 0 Å². The molecule has 0 aliphatic carbocycles. The van der Waals surface area contributed by atoms with Gasteiger partial charge < -0.3 is 10.7 Å². The Hall–Kier alpha value is -1.35. The van der Waals surface area contributed by atoms with Crippen LogP contribution in [-0.2, 0) is 0 Å². The minimum absolute atomic E-state index is 0.610. The molecule has 0 fully saturated rings. The zero-order chi connectivity index (χ0) is 8.55. The van der Waals surface area contributed by atoms with Crippen LogP contribution in [0.15, 0.2) is 30.3 Å². The van der Waals surface area contributed by atoms with Crippen LogP contribution in [0.25, 0.3) is 10.8 Å². The average molecular weight is 176 g/mol. The lowest BCUT2D eigenvalue weighted by Gasteiger charge is -1.98. The van der Waals surface area contributed by atoms with E-state index in [1.54, 1.807) is 0 Å². The summed E-state index contributed by atoms with van der Waals surface area (Å²) in [6, 6.07) is 9.78. The van der Waals surface area contributed by atoms with Crippen molar-refractivity contribution < 1.29 is 0 Å². The fourth-order valence-corrected chi connectivity index (χ4v) is 1.54. The van der Waals surface area contributed by atoms with Crippen molar-refractivity contribution in [1.82, 2.24) is 4.98 Å². The molecule has 2 aromatic rings. The molecule has 2 rings (SSSR count). The van der Waals surface area contributed by atoms with E-state index in [2.05, 4.69) is 4.98 Å². The van der Waals surface area contributed by atoms with E-state index in [0.717, 1.165) is 10.8 Å². The molecule has 1 heterocycles.